The van der Waals surface area contributed by atoms with E-state index in [1.54, 1.807) is 0 Å². The van der Waals surface area contributed by atoms with E-state index in [1.165, 1.54) is 11.8 Å². The average molecular weight is 355 g/mol. The van der Waals surface area contributed by atoms with Crippen molar-refractivity contribution in [1.82, 2.24) is 15.0 Å². The van der Waals surface area contributed by atoms with E-state index in [2.05, 4.69) is 19.9 Å². The Hall–Kier alpha value is -1.18. The molecule has 0 aliphatic carbocycles. The van der Waals surface area contributed by atoms with Crippen LogP contribution < -0.4 is 4.90 Å². The zero-order valence-corrected chi connectivity index (χ0v) is 14.3. The maximum Gasteiger partial charge on any atom is 0.189 e. The van der Waals surface area contributed by atoms with Crippen LogP contribution in [0.15, 0.2) is 5.16 Å². The van der Waals surface area contributed by atoms with Gasteiger partial charge in [0.25, 0.3) is 0 Å². The fourth-order valence-corrected chi connectivity index (χ4v) is 3.91. The third-order valence-corrected chi connectivity index (χ3v) is 5.26. The zero-order chi connectivity index (χ0) is 16.0. The van der Waals surface area contributed by atoms with Crippen molar-refractivity contribution in [2.24, 2.45) is 0 Å². The van der Waals surface area contributed by atoms with E-state index in [0.717, 1.165) is 43.9 Å². The molecule has 2 aromatic heterocycles. The summed E-state index contributed by atoms with van der Waals surface area (Å²) in [4.78, 5) is 15.5. The van der Waals surface area contributed by atoms with Gasteiger partial charge in [0, 0.05) is 19.2 Å². The number of ether oxygens (including phenoxy) is 1. The summed E-state index contributed by atoms with van der Waals surface area (Å²) < 4.78 is 20.1. The van der Waals surface area contributed by atoms with Gasteiger partial charge in [-0.1, -0.05) is 23.4 Å². The molecule has 0 saturated carbocycles. The molecule has 1 saturated heterocycles. The van der Waals surface area contributed by atoms with Crippen molar-refractivity contribution < 1.29 is 9.13 Å². The Bertz CT molecular complexity index is 775. The van der Waals surface area contributed by atoms with Gasteiger partial charge >= 0.3 is 0 Å². The van der Waals surface area contributed by atoms with Crippen molar-refractivity contribution >= 4 is 40.1 Å². The summed E-state index contributed by atoms with van der Waals surface area (Å²) in [5.74, 6) is 0.208. The molecule has 5 nitrogen and oxygen atoms in total. The number of rotatable bonds is 1. The number of fused-ring (bicyclic) bond motifs is 2. The van der Waals surface area contributed by atoms with Crippen LogP contribution in [0, 0.1) is 5.82 Å². The molecule has 122 valence electrons. The Morgan fingerprint density at radius 2 is 2.13 bits per heavy atom. The number of thioether (sulfide) groups is 1. The fraction of sp³-hybridized carbons (Fsp3) is 0.533. The van der Waals surface area contributed by atoms with E-state index >= 15 is 0 Å². The van der Waals surface area contributed by atoms with Crippen LogP contribution in [0.5, 0.6) is 0 Å². The van der Waals surface area contributed by atoms with Crippen molar-refractivity contribution in [1.29, 1.82) is 0 Å². The molecule has 23 heavy (non-hydrogen) atoms. The first kappa shape index (κ1) is 15.4. The van der Waals surface area contributed by atoms with Crippen LogP contribution in [-0.4, -0.2) is 47.0 Å². The molecule has 0 bridgehead atoms. The topological polar surface area (TPSA) is 51.1 Å². The summed E-state index contributed by atoms with van der Waals surface area (Å²) in [7, 11) is 0. The minimum atomic E-state index is -0.561. The number of pyridine rings is 1. The molecular formula is C15H16ClFN4OS. The monoisotopic (exact) mass is 354 g/mol. The Labute approximate surface area is 142 Å². The molecule has 1 fully saturated rings. The van der Waals surface area contributed by atoms with Gasteiger partial charge in [0.2, 0.25) is 0 Å². The quantitative estimate of drug-likeness (QED) is 0.445. The number of hydrogen-bond acceptors (Lipinski definition) is 6. The molecule has 2 aliphatic rings. The van der Waals surface area contributed by atoms with Crippen molar-refractivity contribution in [3.63, 3.8) is 0 Å². The normalized spacial score (nSPS) is 21.0. The van der Waals surface area contributed by atoms with Gasteiger partial charge in [-0.3, -0.25) is 0 Å². The summed E-state index contributed by atoms with van der Waals surface area (Å²) in [6.45, 7) is 2.13. The summed E-state index contributed by atoms with van der Waals surface area (Å²) in [6, 6.07) is 0.321. The molecule has 4 rings (SSSR count). The lowest BCUT2D eigenvalue weighted by Crippen LogP contribution is -2.36. The molecule has 4 heterocycles. The highest BCUT2D eigenvalue weighted by atomic mass is 35.5. The SMILES string of the molecule is CSc1nc2c3c(nc(Cl)c(F)c3n1)CCC1CCOCCN21. The molecule has 1 atom stereocenters. The second-order valence-corrected chi connectivity index (χ2v) is 6.84. The van der Waals surface area contributed by atoms with E-state index in [-0.39, 0.29) is 10.7 Å². The predicted molar refractivity (Wildman–Crippen MR) is 89.0 cm³/mol. The van der Waals surface area contributed by atoms with Gasteiger partial charge in [0.1, 0.15) is 11.3 Å². The van der Waals surface area contributed by atoms with Crippen molar-refractivity contribution in [2.45, 2.75) is 30.5 Å². The Balaban J connectivity index is 2.02. The van der Waals surface area contributed by atoms with Gasteiger partial charge in [-0.2, -0.15) is 0 Å². The number of hydrogen-bond donors (Lipinski definition) is 0. The zero-order valence-electron chi connectivity index (χ0n) is 12.7. The number of aryl methyl sites for hydroxylation is 1. The molecule has 0 radical (unpaired) electrons. The highest BCUT2D eigenvalue weighted by Crippen LogP contribution is 2.37. The molecule has 8 heteroatoms. The summed E-state index contributed by atoms with van der Waals surface area (Å²) >= 11 is 7.39. The molecule has 2 aromatic rings. The number of aromatic nitrogens is 3. The van der Waals surface area contributed by atoms with Crippen LogP contribution in [0.25, 0.3) is 10.9 Å². The predicted octanol–water partition coefficient (Wildman–Crippen LogP) is 3.08. The highest BCUT2D eigenvalue weighted by molar-refractivity contribution is 7.98. The molecule has 0 N–H and O–H groups in total. The van der Waals surface area contributed by atoms with E-state index < -0.39 is 5.82 Å². The van der Waals surface area contributed by atoms with Gasteiger partial charge in [-0.15, -0.1) is 0 Å². The molecule has 0 spiro atoms. The number of nitrogens with zero attached hydrogens (tertiary/aromatic N) is 4. The lowest BCUT2D eigenvalue weighted by molar-refractivity contribution is 0.150. The van der Waals surface area contributed by atoms with Gasteiger partial charge in [-0.05, 0) is 25.5 Å². The molecule has 1 unspecified atom stereocenters. The van der Waals surface area contributed by atoms with Gasteiger partial charge < -0.3 is 9.64 Å². The Morgan fingerprint density at radius 1 is 1.26 bits per heavy atom. The van der Waals surface area contributed by atoms with Crippen molar-refractivity contribution in [2.75, 3.05) is 30.9 Å². The van der Waals surface area contributed by atoms with Crippen LogP contribution in [0.3, 0.4) is 0 Å². The second kappa shape index (κ2) is 6.03. The van der Waals surface area contributed by atoms with Gasteiger partial charge in [0.15, 0.2) is 16.1 Å². The first-order valence-corrected chi connectivity index (χ1v) is 9.23. The first-order valence-electron chi connectivity index (χ1n) is 7.63. The molecule has 2 aliphatic heterocycles. The fourth-order valence-electron chi connectivity index (χ4n) is 3.36. The average Bonchev–Trinajstić information content (AvgIpc) is 2.87. The summed E-state index contributed by atoms with van der Waals surface area (Å²) in [6.07, 6.45) is 4.49. The summed E-state index contributed by atoms with van der Waals surface area (Å²) in [5, 5.41) is 1.14. The van der Waals surface area contributed by atoms with E-state index in [9.17, 15) is 4.39 Å². The van der Waals surface area contributed by atoms with Gasteiger partial charge in [0.05, 0.1) is 17.7 Å². The lowest BCUT2D eigenvalue weighted by Gasteiger charge is -2.29. The first-order chi connectivity index (χ1) is 11.2. The molecular weight excluding hydrogens is 339 g/mol. The smallest absolute Gasteiger partial charge is 0.189 e. The van der Waals surface area contributed by atoms with Crippen molar-refractivity contribution in [3.8, 4) is 0 Å². The van der Waals surface area contributed by atoms with E-state index in [1.807, 2.05) is 6.26 Å². The highest BCUT2D eigenvalue weighted by Gasteiger charge is 2.31. The maximum absolute atomic E-state index is 14.5. The van der Waals surface area contributed by atoms with Crippen LogP contribution in [0.4, 0.5) is 10.2 Å². The van der Waals surface area contributed by atoms with Crippen LogP contribution in [0.1, 0.15) is 18.5 Å². The Kier molecular flexibility index (Phi) is 4.03. The maximum atomic E-state index is 14.5. The van der Waals surface area contributed by atoms with E-state index in [0.29, 0.717) is 23.2 Å². The van der Waals surface area contributed by atoms with Crippen LogP contribution >= 0.6 is 23.4 Å². The van der Waals surface area contributed by atoms with Crippen LogP contribution in [0.2, 0.25) is 5.15 Å². The minimum absolute atomic E-state index is 0.107. The molecule has 0 aromatic carbocycles. The minimum Gasteiger partial charge on any atom is -0.380 e. The largest absolute Gasteiger partial charge is 0.380 e. The number of anilines is 1. The summed E-state index contributed by atoms with van der Waals surface area (Å²) in [5.41, 5.74) is 1.07. The second-order valence-electron chi connectivity index (χ2n) is 5.71. The number of halogens is 2. The van der Waals surface area contributed by atoms with Crippen LogP contribution in [-0.2, 0) is 11.2 Å². The third-order valence-electron chi connectivity index (χ3n) is 4.46. The van der Waals surface area contributed by atoms with Crippen molar-refractivity contribution in [3.05, 3.63) is 16.7 Å². The Morgan fingerprint density at radius 3 is 2.96 bits per heavy atom. The third kappa shape index (κ3) is 2.55. The lowest BCUT2D eigenvalue weighted by atomic mass is 10.1. The van der Waals surface area contributed by atoms with E-state index in [4.69, 9.17) is 16.3 Å². The molecule has 0 amide bonds. The standard InChI is InChI=1S/C15H16ClFN4OS/c1-23-15-19-12-10-9(18-13(16)11(12)17)3-2-8-4-6-22-7-5-21(8)14(10)20-15/h8H,2-7H2,1H3. The van der Waals surface area contributed by atoms with Gasteiger partial charge in [-0.25, -0.2) is 19.3 Å².